The van der Waals surface area contributed by atoms with Gasteiger partial charge in [0.2, 0.25) is 0 Å². The lowest BCUT2D eigenvalue weighted by Gasteiger charge is -2.39. The second-order valence-electron chi connectivity index (χ2n) is 15.5. The number of aliphatic hydroxyl groups excluding tert-OH is 4. The van der Waals surface area contributed by atoms with Crippen LogP contribution in [0.15, 0.2) is 97.2 Å². The van der Waals surface area contributed by atoms with Crippen LogP contribution in [0.25, 0.3) is 0 Å². The van der Waals surface area contributed by atoms with Gasteiger partial charge in [-0.2, -0.15) is 0 Å². The molecular weight excluding hydrogens is 773 g/mol. The predicted molar refractivity (Wildman–Crippen MR) is 247 cm³/mol. The molecule has 1 rings (SSSR count). The Balaban J connectivity index is 2.38. The molecule has 0 spiro atoms. The largest absolute Gasteiger partial charge is 0.462 e. The second kappa shape index (κ2) is 40.7. The Labute approximate surface area is 368 Å². The SMILES string of the molecule is CCC/C=C/C/C=C/C/C=C/C/C=C/CCCCCC(=O)O[C@@H](COC(=O)CCCCC/C=C/C/C=C/C/C=C/C/C=C/CCCCC)CO[C@H]1O[C@@H](CO)[C@@H](O)C(O)C1O. The van der Waals surface area contributed by atoms with E-state index >= 15 is 0 Å². The quantitative estimate of drug-likeness (QED) is 0.0270. The molecule has 0 saturated carbocycles. The van der Waals surface area contributed by atoms with E-state index < -0.39 is 55.4 Å². The molecule has 61 heavy (non-hydrogen) atoms. The molecule has 6 atom stereocenters. The van der Waals surface area contributed by atoms with Gasteiger partial charge in [0.1, 0.15) is 31.0 Å². The summed E-state index contributed by atoms with van der Waals surface area (Å²) in [4.78, 5) is 25.4. The molecule has 10 heteroatoms. The van der Waals surface area contributed by atoms with Gasteiger partial charge in [-0.15, -0.1) is 0 Å². The first-order chi connectivity index (χ1) is 29.8. The van der Waals surface area contributed by atoms with Gasteiger partial charge in [-0.1, -0.05) is 143 Å². The molecular formula is C51H82O10. The van der Waals surface area contributed by atoms with E-state index in [0.29, 0.717) is 12.8 Å². The lowest BCUT2D eigenvalue weighted by molar-refractivity contribution is -0.305. The van der Waals surface area contributed by atoms with E-state index in [1.165, 1.54) is 32.1 Å². The fourth-order valence-electron chi connectivity index (χ4n) is 6.22. The molecule has 0 aromatic rings. The highest BCUT2D eigenvalue weighted by molar-refractivity contribution is 5.70. The third-order valence-electron chi connectivity index (χ3n) is 9.92. The average molecular weight is 855 g/mol. The molecule has 4 N–H and O–H groups in total. The summed E-state index contributed by atoms with van der Waals surface area (Å²) in [5, 5.41) is 40.1. The minimum atomic E-state index is -1.61. The molecule has 1 heterocycles. The zero-order chi connectivity index (χ0) is 44.4. The fraction of sp³-hybridized carbons (Fsp3) is 0.647. The van der Waals surface area contributed by atoms with E-state index in [-0.39, 0.29) is 26.1 Å². The number of ether oxygens (including phenoxy) is 4. The molecule has 0 aliphatic carbocycles. The standard InChI is InChI=1S/C51H82O10/c1-3-5-7-9-11-13-15-17-19-21-22-24-25-27-29-31-33-35-37-39-46(53)58-42-44(43-59-51-50(57)49(56)48(55)45(41-52)61-51)60-47(54)40-38-36-34-32-30-28-26-23-20-18-16-14-12-10-8-6-4-2/h8,10-11,13-14,16-17,19-20,22-24,27-30,44-45,48-52,55-57H,3-7,9,12,15,18,21,25-26,31-43H2,1-2H3/b10-8+,13-11+,16-14+,19-17+,23-20+,24-22+,29-27+,30-28+/t44-,45-,48+,49?,50?,51-/m0/s1. The molecule has 1 fully saturated rings. The van der Waals surface area contributed by atoms with Crippen LogP contribution in [0.4, 0.5) is 0 Å². The lowest BCUT2D eigenvalue weighted by atomic mass is 9.99. The number of carbonyl (C=O) groups excluding carboxylic acids is 2. The van der Waals surface area contributed by atoms with Crippen molar-refractivity contribution in [1.82, 2.24) is 0 Å². The van der Waals surface area contributed by atoms with Crippen LogP contribution in [0.3, 0.4) is 0 Å². The number of aliphatic hydroxyl groups is 4. The normalized spacial score (nSPS) is 20.7. The van der Waals surface area contributed by atoms with Crippen molar-refractivity contribution in [2.75, 3.05) is 19.8 Å². The molecule has 1 aliphatic heterocycles. The highest BCUT2D eigenvalue weighted by Crippen LogP contribution is 2.22. The van der Waals surface area contributed by atoms with Crippen LogP contribution in [0.5, 0.6) is 0 Å². The van der Waals surface area contributed by atoms with Crippen LogP contribution in [-0.2, 0) is 28.5 Å². The summed E-state index contributed by atoms with van der Waals surface area (Å²) in [7, 11) is 0. The first kappa shape index (κ1) is 55.6. The number of hydrogen-bond acceptors (Lipinski definition) is 10. The maximum absolute atomic E-state index is 12.8. The second-order valence-corrected chi connectivity index (χ2v) is 15.5. The van der Waals surface area contributed by atoms with Crippen LogP contribution in [0, 0.1) is 0 Å². The average Bonchev–Trinajstić information content (AvgIpc) is 3.26. The first-order valence-electron chi connectivity index (χ1n) is 23.3. The Bertz CT molecular complexity index is 1310. The number of carbonyl (C=O) groups is 2. The van der Waals surface area contributed by atoms with Gasteiger partial charge in [-0.25, -0.2) is 0 Å². The third kappa shape index (κ3) is 32.0. The molecule has 1 aliphatic rings. The fourth-order valence-corrected chi connectivity index (χ4v) is 6.22. The maximum atomic E-state index is 12.8. The summed E-state index contributed by atoms with van der Waals surface area (Å²) in [6.07, 6.45) is 46.9. The van der Waals surface area contributed by atoms with Crippen LogP contribution in [-0.4, -0.2) is 89.0 Å². The minimum Gasteiger partial charge on any atom is -0.462 e. The van der Waals surface area contributed by atoms with Crippen LogP contribution < -0.4 is 0 Å². The van der Waals surface area contributed by atoms with Crippen molar-refractivity contribution in [3.8, 4) is 0 Å². The van der Waals surface area contributed by atoms with Gasteiger partial charge in [0.15, 0.2) is 12.4 Å². The smallest absolute Gasteiger partial charge is 0.306 e. The van der Waals surface area contributed by atoms with Crippen molar-refractivity contribution >= 4 is 11.9 Å². The number of allylic oxidation sites excluding steroid dienone is 16. The van der Waals surface area contributed by atoms with Gasteiger partial charge in [0, 0.05) is 12.8 Å². The molecule has 0 aromatic carbocycles. The molecule has 1 saturated heterocycles. The summed E-state index contributed by atoms with van der Waals surface area (Å²) in [5.74, 6) is -0.889. The van der Waals surface area contributed by atoms with Crippen molar-refractivity contribution in [2.24, 2.45) is 0 Å². The molecule has 0 radical (unpaired) electrons. The zero-order valence-corrected chi connectivity index (χ0v) is 37.6. The monoisotopic (exact) mass is 855 g/mol. The van der Waals surface area contributed by atoms with Crippen molar-refractivity contribution in [1.29, 1.82) is 0 Å². The molecule has 0 amide bonds. The van der Waals surface area contributed by atoms with E-state index in [9.17, 15) is 30.0 Å². The van der Waals surface area contributed by atoms with Crippen LogP contribution >= 0.6 is 0 Å². The van der Waals surface area contributed by atoms with Crippen LogP contribution in [0.1, 0.15) is 155 Å². The summed E-state index contributed by atoms with van der Waals surface area (Å²) in [6, 6.07) is 0. The maximum Gasteiger partial charge on any atom is 0.306 e. The van der Waals surface area contributed by atoms with Crippen molar-refractivity contribution in [3.63, 3.8) is 0 Å². The Hall–Kier alpha value is -3.38. The van der Waals surface area contributed by atoms with Gasteiger partial charge >= 0.3 is 11.9 Å². The Morgan fingerprint density at radius 2 is 0.951 bits per heavy atom. The Kier molecular flexibility index (Phi) is 37.1. The predicted octanol–water partition coefficient (Wildman–Crippen LogP) is 10.3. The lowest BCUT2D eigenvalue weighted by Crippen LogP contribution is -2.59. The highest BCUT2D eigenvalue weighted by atomic mass is 16.7. The summed E-state index contributed by atoms with van der Waals surface area (Å²) in [6.45, 7) is 3.24. The molecule has 2 unspecified atom stereocenters. The van der Waals surface area contributed by atoms with E-state index in [1.807, 2.05) is 0 Å². The van der Waals surface area contributed by atoms with Gasteiger partial charge < -0.3 is 39.4 Å². The highest BCUT2D eigenvalue weighted by Gasteiger charge is 2.44. The third-order valence-corrected chi connectivity index (χ3v) is 9.92. The Morgan fingerprint density at radius 1 is 0.508 bits per heavy atom. The molecule has 346 valence electrons. The number of esters is 2. The van der Waals surface area contributed by atoms with E-state index in [0.717, 1.165) is 83.5 Å². The van der Waals surface area contributed by atoms with Gasteiger partial charge in [-0.3, -0.25) is 9.59 Å². The Morgan fingerprint density at radius 3 is 1.41 bits per heavy atom. The van der Waals surface area contributed by atoms with Gasteiger partial charge in [0.25, 0.3) is 0 Å². The first-order valence-corrected chi connectivity index (χ1v) is 23.3. The minimum absolute atomic E-state index is 0.179. The number of unbranched alkanes of at least 4 members (excludes halogenated alkanes) is 10. The topological polar surface area (TPSA) is 152 Å². The van der Waals surface area contributed by atoms with Gasteiger partial charge in [0.05, 0.1) is 13.2 Å². The molecule has 0 aromatic heterocycles. The van der Waals surface area contributed by atoms with E-state index in [4.69, 9.17) is 18.9 Å². The molecule has 10 nitrogen and oxygen atoms in total. The van der Waals surface area contributed by atoms with Crippen molar-refractivity contribution in [3.05, 3.63) is 97.2 Å². The van der Waals surface area contributed by atoms with Crippen molar-refractivity contribution in [2.45, 2.75) is 192 Å². The zero-order valence-electron chi connectivity index (χ0n) is 37.6. The summed E-state index contributed by atoms with van der Waals surface area (Å²) < 4.78 is 22.1. The number of rotatable bonds is 37. The van der Waals surface area contributed by atoms with E-state index in [1.54, 1.807) is 0 Å². The number of hydrogen-bond donors (Lipinski definition) is 4. The van der Waals surface area contributed by atoms with Crippen LogP contribution in [0.2, 0.25) is 0 Å². The molecule has 0 bridgehead atoms. The summed E-state index contributed by atoms with van der Waals surface area (Å²) >= 11 is 0. The summed E-state index contributed by atoms with van der Waals surface area (Å²) in [5.41, 5.74) is 0. The van der Waals surface area contributed by atoms with Crippen molar-refractivity contribution < 1.29 is 49.0 Å². The van der Waals surface area contributed by atoms with Gasteiger partial charge in [-0.05, 0) is 96.3 Å². The van der Waals surface area contributed by atoms with E-state index in [2.05, 4.69) is 111 Å².